The molecule has 5 nitrogen and oxygen atoms in total. The van der Waals surface area contributed by atoms with E-state index in [1.165, 1.54) is 18.5 Å². The van der Waals surface area contributed by atoms with Crippen molar-refractivity contribution in [2.24, 2.45) is 10.9 Å². The van der Waals surface area contributed by atoms with Crippen LogP contribution in [0.1, 0.15) is 24.8 Å². The van der Waals surface area contributed by atoms with Crippen LogP contribution in [0.5, 0.6) is 0 Å². The SMILES string of the molecule is CN=C(NCC(C)c1ccsc1)N1CCC(CN2CCOCC2)C1.I. The van der Waals surface area contributed by atoms with Crippen LogP contribution in [-0.4, -0.2) is 75.3 Å². The fraction of sp³-hybridized carbons (Fsp3) is 0.722. The Morgan fingerprint density at radius 1 is 1.40 bits per heavy atom. The zero-order valence-electron chi connectivity index (χ0n) is 15.3. The van der Waals surface area contributed by atoms with Gasteiger partial charge in [-0.05, 0) is 40.6 Å². The molecule has 0 aromatic carbocycles. The van der Waals surface area contributed by atoms with E-state index in [-0.39, 0.29) is 24.0 Å². The highest BCUT2D eigenvalue weighted by Gasteiger charge is 2.27. The van der Waals surface area contributed by atoms with Crippen molar-refractivity contribution in [1.82, 2.24) is 15.1 Å². The van der Waals surface area contributed by atoms with Gasteiger partial charge in [-0.15, -0.1) is 24.0 Å². The van der Waals surface area contributed by atoms with Gasteiger partial charge in [0.15, 0.2) is 5.96 Å². The summed E-state index contributed by atoms with van der Waals surface area (Å²) in [5, 5.41) is 7.96. The van der Waals surface area contributed by atoms with E-state index < -0.39 is 0 Å². The first-order valence-electron chi connectivity index (χ1n) is 9.04. The van der Waals surface area contributed by atoms with Crippen LogP contribution >= 0.6 is 35.3 Å². The van der Waals surface area contributed by atoms with Gasteiger partial charge in [0.1, 0.15) is 0 Å². The molecule has 1 N–H and O–H groups in total. The van der Waals surface area contributed by atoms with Crippen LogP contribution < -0.4 is 5.32 Å². The Morgan fingerprint density at radius 3 is 2.88 bits per heavy atom. The van der Waals surface area contributed by atoms with Crippen LogP contribution in [-0.2, 0) is 4.74 Å². The van der Waals surface area contributed by atoms with Gasteiger partial charge in [-0.2, -0.15) is 11.3 Å². The van der Waals surface area contributed by atoms with Crippen molar-refractivity contribution in [2.75, 3.05) is 59.5 Å². The van der Waals surface area contributed by atoms with E-state index in [9.17, 15) is 0 Å². The number of hydrogen-bond acceptors (Lipinski definition) is 4. The summed E-state index contributed by atoms with van der Waals surface area (Å²) in [6.45, 7) is 10.6. The lowest BCUT2D eigenvalue weighted by molar-refractivity contribution is 0.0315. The molecular weight excluding hydrogens is 447 g/mol. The summed E-state index contributed by atoms with van der Waals surface area (Å²) in [6, 6.07) is 2.22. The third kappa shape index (κ3) is 6.08. The van der Waals surface area contributed by atoms with Gasteiger partial charge in [0.05, 0.1) is 13.2 Å². The molecule has 25 heavy (non-hydrogen) atoms. The number of thiophene rings is 1. The lowest BCUT2D eigenvalue weighted by Gasteiger charge is -2.29. The minimum absolute atomic E-state index is 0. The van der Waals surface area contributed by atoms with Gasteiger partial charge in [0, 0.05) is 46.3 Å². The lowest BCUT2D eigenvalue weighted by Crippen LogP contribution is -2.43. The quantitative estimate of drug-likeness (QED) is 0.402. The van der Waals surface area contributed by atoms with Crippen LogP contribution in [0.15, 0.2) is 21.8 Å². The molecule has 3 heterocycles. The second kappa shape index (κ2) is 10.7. The van der Waals surface area contributed by atoms with Gasteiger partial charge < -0.3 is 15.0 Å². The summed E-state index contributed by atoms with van der Waals surface area (Å²) in [4.78, 5) is 9.48. The number of nitrogens with zero attached hydrogens (tertiary/aromatic N) is 3. The number of aliphatic imine (C=N–C) groups is 1. The average molecular weight is 478 g/mol. The summed E-state index contributed by atoms with van der Waals surface area (Å²) in [5.74, 6) is 2.32. The average Bonchev–Trinajstić information content (AvgIpc) is 3.28. The van der Waals surface area contributed by atoms with E-state index in [0.717, 1.165) is 57.8 Å². The predicted molar refractivity (Wildman–Crippen MR) is 116 cm³/mol. The van der Waals surface area contributed by atoms with Crippen molar-refractivity contribution in [3.05, 3.63) is 22.4 Å². The minimum Gasteiger partial charge on any atom is -0.379 e. The van der Waals surface area contributed by atoms with Crippen LogP contribution in [0.3, 0.4) is 0 Å². The van der Waals surface area contributed by atoms with E-state index in [2.05, 4.69) is 43.9 Å². The molecule has 1 aromatic heterocycles. The summed E-state index contributed by atoms with van der Waals surface area (Å²) < 4.78 is 5.45. The normalized spacial score (nSPS) is 23.4. The first-order valence-corrected chi connectivity index (χ1v) is 9.98. The molecule has 0 saturated carbocycles. The van der Waals surface area contributed by atoms with E-state index in [1.807, 2.05) is 7.05 Å². The van der Waals surface area contributed by atoms with Gasteiger partial charge in [-0.1, -0.05) is 6.92 Å². The second-order valence-electron chi connectivity index (χ2n) is 6.90. The number of likely N-dealkylation sites (tertiary alicyclic amines) is 1. The van der Waals surface area contributed by atoms with Crippen molar-refractivity contribution in [3.8, 4) is 0 Å². The fourth-order valence-electron chi connectivity index (χ4n) is 3.57. The number of ether oxygens (including phenoxy) is 1. The lowest BCUT2D eigenvalue weighted by atomic mass is 10.1. The molecule has 2 aliphatic rings. The van der Waals surface area contributed by atoms with Crippen LogP contribution in [0.2, 0.25) is 0 Å². The maximum Gasteiger partial charge on any atom is 0.193 e. The number of morpholine rings is 1. The van der Waals surface area contributed by atoms with Crippen molar-refractivity contribution >= 4 is 41.3 Å². The smallest absolute Gasteiger partial charge is 0.193 e. The van der Waals surface area contributed by atoms with Gasteiger partial charge in [-0.25, -0.2) is 0 Å². The summed E-state index contributed by atoms with van der Waals surface area (Å²) in [5.41, 5.74) is 1.41. The highest BCUT2D eigenvalue weighted by Crippen LogP contribution is 2.20. The topological polar surface area (TPSA) is 40.1 Å². The number of halogens is 1. The van der Waals surface area contributed by atoms with Crippen molar-refractivity contribution < 1.29 is 4.74 Å². The molecule has 0 radical (unpaired) electrons. The highest BCUT2D eigenvalue weighted by atomic mass is 127. The van der Waals surface area contributed by atoms with Gasteiger partial charge >= 0.3 is 0 Å². The summed E-state index contributed by atoms with van der Waals surface area (Å²) in [6.07, 6.45) is 1.26. The number of nitrogens with one attached hydrogen (secondary N) is 1. The number of hydrogen-bond donors (Lipinski definition) is 1. The Balaban J connectivity index is 0.00000225. The third-order valence-corrected chi connectivity index (χ3v) is 5.80. The molecule has 1 aromatic rings. The summed E-state index contributed by atoms with van der Waals surface area (Å²) in [7, 11) is 1.90. The van der Waals surface area contributed by atoms with E-state index in [1.54, 1.807) is 11.3 Å². The molecule has 7 heteroatoms. The molecule has 2 saturated heterocycles. The maximum atomic E-state index is 5.45. The van der Waals surface area contributed by atoms with Gasteiger partial charge in [0.25, 0.3) is 0 Å². The molecule has 0 spiro atoms. The molecule has 0 bridgehead atoms. The molecule has 3 rings (SSSR count). The Labute approximate surface area is 172 Å². The first kappa shape index (κ1) is 20.9. The highest BCUT2D eigenvalue weighted by molar-refractivity contribution is 14.0. The Bertz CT molecular complexity index is 519. The van der Waals surface area contributed by atoms with Crippen molar-refractivity contribution in [2.45, 2.75) is 19.3 Å². The molecule has 2 atom stereocenters. The Morgan fingerprint density at radius 2 is 2.20 bits per heavy atom. The molecular formula is C18H31IN4OS. The first-order chi connectivity index (χ1) is 11.8. The van der Waals surface area contributed by atoms with Crippen LogP contribution in [0.25, 0.3) is 0 Å². The summed E-state index contributed by atoms with van der Waals surface area (Å²) >= 11 is 1.77. The van der Waals surface area contributed by atoms with Crippen LogP contribution in [0, 0.1) is 5.92 Å². The Kier molecular flexibility index (Phi) is 8.95. The molecule has 0 amide bonds. The third-order valence-electron chi connectivity index (χ3n) is 5.10. The zero-order chi connectivity index (χ0) is 16.8. The van der Waals surface area contributed by atoms with E-state index >= 15 is 0 Å². The fourth-order valence-corrected chi connectivity index (χ4v) is 4.36. The van der Waals surface area contributed by atoms with E-state index in [0.29, 0.717) is 5.92 Å². The maximum absolute atomic E-state index is 5.45. The van der Waals surface area contributed by atoms with E-state index in [4.69, 9.17) is 4.74 Å². The Hall–Kier alpha value is -0.380. The monoisotopic (exact) mass is 478 g/mol. The molecule has 2 aliphatic heterocycles. The largest absolute Gasteiger partial charge is 0.379 e. The second-order valence-corrected chi connectivity index (χ2v) is 7.68. The standard InChI is InChI=1S/C18H30N4OS.HI/c1-15(17-4-10-24-14-17)11-20-18(19-2)22-5-3-16(13-22)12-21-6-8-23-9-7-21;/h4,10,14-16H,3,5-9,11-13H2,1-2H3,(H,19,20);1H. The molecule has 2 fully saturated rings. The number of guanidine groups is 1. The van der Waals surface area contributed by atoms with Gasteiger partial charge in [0.2, 0.25) is 0 Å². The van der Waals surface area contributed by atoms with Crippen LogP contribution in [0.4, 0.5) is 0 Å². The molecule has 142 valence electrons. The number of rotatable bonds is 5. The predicted octanol–water partition coefficient (Wildman–Crippen LogP) is 2.70. The molecule has 0 aliphatic carbocycles. The van der Waals surface area contributed by atoms with Crippen molar-refractivity contribution in [1.29, 1.82) is 0 Å². The zero-order valence-corrected chi connectivity index (χ0v) is 18.5. The van der Waals surface area contributed by atoms with Crippen molar-refractivity contribution in [3.63, 3.8) is 0 Å². The van der Waals surface area contributed by atoms with Gasteiger partial charge in [-0.3, -0.25) is 9.89 Å². The molecule has 2 unspecified atom stereocenters. The minimum atomic E-state index is 0.